The fourth-order valence-corrected chi connectivity index (χ4v) is 1.95. The van der Waals surface area contributed by atoms with Crippen LogP contribution in [0.3, 0.4) is 0 Å². The molecule has 1 aromatic rings. The van der Waals surface area contributed by atoms with Crippen molar-refractivity contribution >= 4 is 0 Å². The molecule has 0 saturated heterocycles. The molecular formula is C14H23NO. The molecule has 16 heavy (non-hydrogen) atoms. The molecule has 2 heteroatoms. The van der Waals surface area contributed by atoms with Gasteiger partial charge in [-0.25, -0.2) is 0 Å². The van der Waals surface area contributed by atoms with Crippen LogP contribution in [0.4, 0.5) is 0 Å². The Balaban J connectivity index is 2.60. The van der Waals surface area contributed by atoms with E-state index in [2.05, 4.69) is 50.4 Å². The Morgan fingerprint density at radius 2 is 2.12 bits per heavy atom. The molecule has 0 aliphatic carbocycles. The molecule has 0 aliphatic heterocycles. The van der Waals surface area contributed by atoms with E-state index >= 15 is 0 Å². The SMILES string of the molecule is CCC(CCO)NC(C)c1cccc(C)c1. The first-order valence-electron chi connectivity index (χ1n) is 6.10. The van der Waals surface area contributed by atoms with Gasteiger partial charge in [-0.2, -0.15) is 0 Å². The highest BCUT2D eigenvalue weighted by atomic mass is 16.3. The van der Waals surface area contributed by atoms with E-state index in [0.29, 0.717) is 12.1 Å². The molecule has 2 N–H and O–H groups in total. The van der Waals surface area contributed by atoms with E-state index < -0.39 is 0 Å². The van der Waals surface area contributed by atoms with Gasteiger partial charge in [0, 0.05) is 18.7 Å². The standard InChI is InChI=1S/C14H23NO/c1-4-14(8-9-16)15-12(3)13-7-5-6-11(2)10-13/h5-7,10,12,14-16H,4,8-9H2,1-3H3. The second-order valence-corrected chi connectivity index (χ2v) is 4.42. The van der Waals surface area contributed by atoms with Gasteiger partial charge in [0.15, 0.2) is 0 Å². The van der Waals surface area contributed by atoms with Crippen molar-refractivity contribution in [3.8, 4) is 0 Å². The number of hydrogen-bond donors (Lipinski definition) is 2. The summed E-state index contributed by atoms with van der Waals surface area (Å²) in [5.41, 5.74) is 2.61. The van der Waals surface area contributed by atoms with E-state index in [-0.39, 0.29) is 6.61 Å². The summed E-state index contributed by atoms with van der Waals surface area (Å²) in [6.45, 7) is 6.69. The van der Waals surface area contributed by atoms with Crippen molar-refractivity contribution in [2.45, 2.75) is 45.7 Å². The predicted octanol–water partition coefficient (Wildman–Crippen LogP) is 2.81. The number of aliphatic hydroxyl groups is 1. The lowest BCUT2D eigenvalue weighted by Crippen LogP contribution is -2.31. The molecule has 90 valence electrons. The molecule has 2 atom stereocenters. The molecule has 1 aromatic carbocycles. The summed E-state index contributed by atoms with van der Waals surface area (Å²) in [5, 5.41) is 12.5. The van der Waals surface area contributed by atoms with Crippen LogP contribution in [0.25, 0.3) is 0 Å². The molecule has 0 aromatic heterocycles. The minimum absolute atomic E-state index is 0.256. The van der Waals surface area contributed by atoms with Gasteiger partial charge in [0.1, 0.15) is 0 Å². The quantitative estimate of drug-likeness (QED) is 0.774. The average Bonchev–Trinajstić information content (AvgIpc) is 2.28. The lowest BCUT2D eigenvalue weighted by molar-refractivity contribution is 0.257. The second-order valence-electron chi connectivity index (χ2n) is 4.42. The highest BCUT2D eigenvalue weighted by Gasteiger charge is 2.11. The summed E-state index contributed by atoms with van der Waals surface area (Å²) >= 11 is 0. The van der Waals surface area contributed by atoms with E-state index in [1.807, 2.05) is 0 Å². The summed E-state index contributed by atoms with van der Waals surface area (Å²) in [6, 6.07) is 9.31. The summed E-state index contributed by atoms with van der Waals surface area (Å²) < 4.78 is 0. The normalized spacial score (nSPS) is 14.8. The molecule has 0 spiro atoms. The first-order chi connectivity index (χ1) is 7.67. The monoisotopic (exact) mass is 221 g/mol. The first kappa shape index (κ1) is 13.2. The van der Waals surface area contributed by atoms with Crippen molar-refractivity contribution in [1.29, 1.82) is 0 Å². The molecule has 0 amide bonds. The zero-order valence-corrected chi connectivity index (χ0v) is 10.5. The Labute approximate surface area is 98.7 Å². The molecule has 0 heterocycles. The Morgan fingerprint density at radius 1 is 1.38 bits per heavy atom. The minimum Gasteiger partial charge on any atom is -0.396 e. The van der Waals surface area contributed by atoms with Gasteiger partial charge in [-0.15, -0.1) is 0 Å². The lowest BCUT2D eigenvalue weighted by atomic mass is 10.0. The van der Waals surface area contributed by atoms with Gasteiger partial charge in [-0.3, -0.25) is 0 Å². The van der Waals surface area contributed by atoms with Crippen molar-refractivity contribution in [2.24, 2.45) is 0 Å². The van der Waals surface area contributed by atoms with E-state index in [0.717, 1.165) is 12.8 Å². The van der Waals surface area contributed by atoms with Crippen molar-refractivity contribution in [3.05, 3.63) is 35.4 Å². The fraction of sp³-hybridized carbons (Fsp3) is 0.571. The molecule has 2 nitrogen and oxygen atoms in total. The number of benzene rings is 1. The van der Waals surface area contributed by atoms with Crippen LogP contribution < -0.4 is 5.32 Å². The highest BCUT2D eigenvalue weighted by molar-refractivity contribution is 5.24. The summed E-state index contributed by atoms with van der Waals surface area (Å²) in [7, 11) is 0. The predicted molar refractivity (Wildman–Crippen MR) is 68.5 cm³/mol. The third-order valence-corrected chi connectivity index (χ3v) is 3.00. The Bertz CT molecular complexity index is 311. The fourth-order valence-electron chi connectivity index (χ4n) is 1.95. The van der Waals surface area contributed by atoms with Crippen molar-refractivity contribution in [1.82, 2.24) is 5.32 Å². The molecule has 0 saturated carbocycles. The van der Waals surface area contributed by atoms with E-state index in [1.54, 1.807) is 0 Å². The maximum Gasteiger partial charge on any atom is 0.0445 e. The first-order valence-corrected chi connectivity index (χ1v) is 6.10. The third-order valence-electron chi connectivity index (χ3n) is 3.00. The molecule has 0 bridgehead atoms. The summed E-state index contributed by atoms with van der Waals surface area (Å²) in [4.78, 5) is 0. The zero-order chi connectivity index (χ0) is 12.0. The maximum atomic E-state index is 8.96. The van der Waals surface area contributed by atoms with Gasteiger partial charge >= 0.3 is 0 Å². The minimum atomic E-state index is 0.256. The Kier molecular flexibility index (Phi) is 5.50. The van der Waals surface area contributed by atoms with Crippen molar-refractivity contribution < 1.29 is 5.11 Å². The van der Waals surface area contributed by atoms with Crippen LogP contribution in [0.15, 0.2) is 24.3 Å². The van der Waals surface area contributed by atoms with Gasteiger partial charge in [0.2, 0.25) is 0 Å². The number of hydrogen-bond acceptors (Lipinski definition) is 2. The summed E-state index contributed by atoms with van der Waals surface area (Å²) in [5.74, 6) is 0. The Morgan fingerprint density at radius 3 is 2.69 bits per heavy atom. The van der Waals surface area contributed by atoms with Crippen LogP contribution in [0.1, 0.15) is 43.9 Å². The third kappa shape index (κ3) is 3.95. The van der Waals surface area contributed by atoms with E-state index in [9.17, 15) is 0 Å². The average molecular weight is 221 g/mol. The molecule has 0 fully saturated rings. The Hall–Kier alpha value is -0.860. The lowest BCUT2D eigenvalue weighted by Gasteiger charge is -2.22. The van der Waals surface area contributed by atoms with Crippen LogP contribution in [0.2, 0.25) is 0 Å². The summed E-state index contributed by atoms with van der Waals surface area (Å²) in [6.07, 6.45) is 1.88. The second kappa shape index (κ2) is 6.66. The molecular weight excluding hydrogens is 198 g/mol. The van der Waals surface area contributed by atoms with Gasteiger partial charge in [-0.05, 0) is 32.3 Å². The highest BCUT2D eigenvalue weighted by Crippen LogP contribution is 2.15. The van der Waals surface area contributed by atoms with Gasteiger partial charge in [-0.1, -0.05) is 36.8 Å². The molecule has 0 radical (unpaired) electrons. The van der Waals surface area contributed by atoms with Gasteiger partial charge in [0.05, 0.1) is 0 Å². The number of aliphatic hydroxyl groups excluding tert-OH is 1. The zero-order valence-electron chi connectivity index (χ0n) is 10.5. The van der Waals surface area contributed by atoms with Crippen LogP contribution in [-0.4, -0.2) is 17.8 Å². The molecule has 0 aliphatic rings. The number of aryl methyl sites for hydroxylation is 1. The van der Waals surface area contributed by atoms with Crippen LogP contribution in [0.5, 0.6) is 0 Å². The van der Waals surface area contributed by atoms with Gasteiger partial charge < -0.3 is 10.4 Å². The topological polar surface area (TPSA) is 32.3 Å². The van der Waals surface area contributed by atoms with Crippen LogP contribution in [0, 0.1) is 6.92 Å². The van der Waals surface area contributed by atoms with E-state index in [1.165, 1.54) is 11.1 Å². The van der Waals surface area contributed by atoms with Crippen LogP contribution in [-0.2, 0) is 0 Å². The maximum absolute atomic E-state index is 8.96. The van der Waals surface area contributed by atoms with Crippen molar-refractivity contribution in [3.63, 3.8) is 0 Å². The van der Waals surface area contributed by atoms with E-state index in [4.69, 9.17) is 5.11 Å². The number of nitrogens with one attached hydrogen (secondary N) is 1. The number of rotatable bonds is 6. The van der Waals surface area contributed by atoms with Gasteiger partial charge in [0.25, 0.3) is 0 Å². The smallest absolute Gasteiger partial charge is 0.0445 e. The largest absolute Gasteiger partial charge is 0.396 e. The van der Waals surface area contributed by atoms with Crippen LogP contribution >= 0.6 is 0 Å². The van der Waals surface area contributed by atoms with Crippen molar-refractivity contribution in [2.75, 3.05) is 6.61 Å². The molecule has 2 unspecified atom stereocenters. The molecule has 1 rings (SSSR count).